The number of phosphoric acid groups is 2. The third kappa shape index (κ3) is 75.4. The summed E-state index contributed by atoms with van der Waals surface area (Å²) >= 11 is 0. The number of esters is 3. The first kappa shape index (κ1) is 95.4. The van der Waals surface area contributed by atoms with E-state index in [0.29, 0.717) is 25.7 Å². The third-order valence-electron chi connectivity index (χ3n) is 14.8. The van der Waals surface area contributed by atoms with Crippen LogP contribution in [0.5, 0.6) is 0 Å². The van der Waals surface area contributed by atoms with Gasteiger partial charge in [-0.15, -0.1) is 0 Å². The number of rotatable bonds is 69. The molecule has 0 aromatic heterocycles. The SMILES string of the molecule is CC/C=C\C/C=C\C/C=C\C/C=C\C/C=C\C/C=C\CCCCCCCCCCC(=O)OCC(O)COP(=O)(O)OCC(O)COP(=O)(O)OCC(COC(=O)CCCCCCC/C=C\C/C=C\C/C=C\C/C=C\C/C=C\CC)OC(=O)CCC/C=C\C/C=C\C/C=C\C/C=C\C/C=C\CC. The van der Waals surface area contributed by atoms with Crippen LogP contribution in [0.15, 0.2) is 194 Å². The van der Waals surface area contributed by atoms with E-state index in [1.54, 1.807) is 0 Å². The van der Waals surface area contributed by atoms with E-state index in [4.69, 9.17) is 32.3 Å². The molecule has 0 aromatic rings. The van der Waals surface area contributed by atoms with Gasteiger partial charge in [0.1, 0.15) is 25.4 Å². The van der Waals surface area contributed by atoms with Gasteiger partial charge >= 0.3 is 33.6 Å². The maximum atomic E-state index is 12.9. The Hall–Kier alpha value is -5.61. The van der Waals surface area contributed by atoms with Crippen LogP contribution in [0.2, 0.25) is 0 Å². The number of hydrogen-bond acceptors (Lipinski definition) is 14. The molecule has 5 atom stereocenters. The van der Waals surface area contributed by atoms with Crippen molar-refractivity contribution in [3.63, 3.8) is 0 Å². The van der Waals surface area contributed by atoms with Crippen molar-refractivity contribution in [2.24, 2.45) is 0 Å². The average molecular weight is 1450 g/mol. The van der Waals surface area contributed by atoms with Crippen LogP contribution in [0.1, 0.15) is 252 Å². The third-order valence-corrected chi connectivity index (χ3v) is 16.7. The lowest BCUT2D eigenvalue weighted by Crippen LogP contribution is -2.30. The van der Waals surface area contributed by atoms with Gasteiger partial charge in [0, 0.05) is 19.3 Å². The number of aliphatic hydroxyl groups is 2. The molecular weight excluding hydrogens is 1310 g/mol. The molecular formula is C83H132O16P2. The van der Waals surface area contributed by atoms with Crippen molar-refractivity contribution in [3.05, 3.63) is 194 Å². The van der Waals surface area contributed by atoms with Gasteiger partial charge in [-0.05, 0) is 154 Å². The first-order chi connectivity index (χ1) is 49.2. The van der Waals surface area contributed by atoms with Crippen molar-refractivity contribution in [1.82, 2.24) is 0 Å². The minimum atomic E-state index is -4.96. The summed E-state index contributed by atoms with van der Waals surface area (Å²) < 4.78 is 61.0. The molecule has 0 spiro atoms. The predicted molar refractivity (Wildman–Crippen MR) is 417 cm³/mol. The average Bonchev–Trinajstić information content (AvgIpc) is 0.974. The molecule has 101 heavy (non-hydrogen) atoms. The number of allylic oxidation sites excluding steroid dienone is 32. The van der Waals surface area contributed by atoms with Crippen LogP contribution in [0.4, 0.5) is 0 Å². The molecule has 0 aliphatic carbocycles. The molecule has 0 fully saturated rings. The maximum absolute atomic E-state index is 12.9. The van der Waals surface area contributed by atoms with Gasteiger partial charge in [0.25, 0.3) is 0 Å². The smallest absolute Gasteiger partial charge is 0.463 e. The zero-order chi connectivity index (χ0) is 73.7. The molecule has 18 heteroatoms. The highest BCUT2D eigenvalue weighted by molar-refractivity contribution is 7.47. The molecule has 5 unspecified atom stereocenters. The molecule has 0 saturated heterocycles. The Kier molecular flexibility index (Phi) is 70.0. The van der Waals surface area contributed by atoms with Crippen molar-refractivity contribution < 1.29 is 75.8 Å². The number of hydrogen-bond donors (Lipinski definition) is 4. The Labute approximate surface area is 610 Å². The van der Waals surface area contributed by atoms with Crippen molar-refractivity contribution in [1.29, 1.82) is 0 Å². The summed E-state index contributed by atoms with van der Waals surface area (Å²) in [6.45, 7) is 2.20. The number of ether oxygens (including phenoxy) is 3. The molecule has 0 amide bonds. The summed E-state index contributed by atoms with van der Waals surface area (Å²) in [6.07, 6.45) is 96.2. The van der Waals surface area contributed by atoms with Crippen molar-refractivity contribution >= 4 is 33.6 Å². The summed E-state index contributed by atoms with van der Waals surface area (Å²) in [5.41, 5.74) is 0. The van der Waals surface area contributed by atoms with E-state index in [0.717, 1.165) is 167 Å². The van der Waals surface area contributed by atoms with Gasteiger partial charge in [0.05, 0.1) is 26.4 Å². The van der Waals surface area contributed by atoms with Gasteiger partial charge in [-0.1, -0.05) is 273 Å². The largest absolute Gasteiger partial charge is 0.472 e. The van der Waals surface area contributed by atoms with Crippen molar-refractivity contribution in [2.45, 2.75) is 270 Å². The lowest BCUT2D eigenvalue weighted by Gasteiger charge is -2.21. The minimum absolute atomic E-state index is 0.0134. The molecule has 0 saturated carbocycles. The Morgan fingerprint density at radius 3 is 0.812 bits per heavy atom. The second-order valence-electron chi connectivity index (χ2n) is 24.3. The van der Waals surface area contributed by atoms with E-state index in [1.165, 1.54) is 19.3 Å². The Morgan fingerprint density at radius 1 is 0.277 bits per heavy atom. The second kappa shape index (κ2) is 74.1. The Balaban J connectivity index is 4.70. The van der Waals surface area contributed by atoms with Crippen LogP contribution in [0, 0.1) is 0 Å². The normalized spacial score (nSPS) is 15.1. The van der Waals surface area contributed by atoms with E-state index in [-0.39, 0.29) is 19.3 Å². The molecule has 0 aliphatic rings. The highest BCUT2D eigenvalue weighted by atomic mass is 31.2. The fraction of sp³-hybridized carbons (Fsp3) is 0.578. The molecule has 16 nitrogen and oxygen atoms in total. The van der Waals surface area contributed by atoms with Crippen molar-refractivity contribution in [3.8, 4) is 0 Å². The standard InChI is InChI=1S/C83H132O16P2/c1-4-7-10-13-16-19-22-25-28-31-33-35-36-37-38-39-40-42-44-46-48-51-54-57-60-63-66-69-81(86)93-72-78(84)73-95-100(89,90)96-74-79(85)75-97-101(91,92)98-77-80(99-83(88)71-68-65-62-59-56-53-50-45-30-27-24-21-18-15-12-9-6-3)76-94-82(87)70-67-64-61-58-55-52-49-47-43-41-34-32-29-26-23-20-17-14-11-8-5-2/h7-12,16-21,25-30,33-35,37-38,40-42,47,49-50,53,59,62,78-80,84-85H,4-6,13-15,22-24,31-32,36,39,43-46,48,51-52,54-58,60-61,63-77H2,1-3H3,(H,89,90)(H,91,92)/b10-7-,11-8-,12-9-,19-16-,20-17-,21-18-,28-25-,29-26-,30-27-,35-33-,38-37-,41-34-,42-40-,49-47-,53-50-,62-59-. The van der Waals surface area contributed by atoms with Crippen LogP contribution < -0.4 is 0 Å². The fourth-order valence-corrected chi connectivity index (χ4v) is 10.7. The van der Waals surface area contributed by atoms with Gasteiger partial charge in [0.2, 0.25) is 0 Å². The molecule has 0 radical (unpaired) electrons. The maximum Gasteiger partial charge on any atom is 0.472 e. The molecule has 0 heterocycles. The van der Waals surface area contributed by atoms with Crippen LogP contribution in [-0.4, -0.2) is 95.9 Å². The summed E-state index contributed by atoms with van der Waals surface area (Å²) in [7, 11) is -9.83. The summed E-state index contributed by atoms with van der Waals surface area (Å²) in [4.78, 5) is 58.6. The lowest BCUT2D eigenvalue weighted by atomic mass is 10.1. The first-order valence-corrected chi connectivity index (χ1v) is 40.7. The van der Waals surface area contributed by atoms with E-state index in [1.807, 2.05) is 12.2 Å². The quantitative estimate of drug-likeness (QED) is 0.0146. The molecule has 570 valence electrons. The summed E-state index contributed by atoms with van der Waals surface area (Å²) in [5, 5.41) is 20.6. The van der Waals surface area contributed by atoms with Crippen LogP contribution in [0.3, 0.4) is 0 Å². The van der Waals surface area contributed by atoms with Crippen molar-refractivity contribution in [2.75, 3.05) is 39.6 Å². The summed E-state index contributed by atoms with van der Waals surface area (Å²) in [5.74, 6) is -1.69. The number of phosphoric ester groups is 2. The molecule has 4 N–H and O–H groups in total. The molecule has 0 aliphatic heterocycles. The molecule has 0 rings (SSSR count). The summed E-state index contributed by atoms with van der Waals surface area (Å²) in [6, 6.07) is 0. The van der Waals surface area contributed by atoms with Gasteiger partial charge in [-0.25, -0.2) is 9.13 Å². The number of unbranched alkanes of at least 4 members (excludes halogenated alkanes) is 14. The van der Waals surface area contributed by atoms with E-state index >= 15 is 0 Å². The van der Waals surface area contributed by atoms with Gasteiger partial charge < -0.3 is 34.2 Å². The number of carbonyl (C=O) groups is 3. The Morgan fingerprint density at radius 2 is 0.505 bits per heavy atom. The monoisotopic (exact) mass is 1450 g/mol. The Bertz CT molecular complexity index is 2620. The number of aliphatic hydroxyl groups excluding tert-OH is 2. The van der Waals surface area contributed by atoms with E-state index in [2.05, 4.69) is 203 Å². The molecule has 0 aromatic carbocycles. The van der Waals surface area contributed by atoms with E-state index < -0.39 is 91.5 Å². The highest BCUT2D eigenvalue weighted by Crippen LogP contribution is 2.45. The van der Waals surface area contributed by atoms with Crippen LogP contribution in [0.25, 0.3) is 0 Å². The van der Waals surface area contributed by atoms with E-state index in [9.17, 15) is 43.5 Å². The number of carbonyl (C=O) groups excluding carboxylic acids is 3. The second-order valence-corrected chi connectivity index (χ2v) is 27.2. The molecule has 0 bridgehead atoms. The fourth-order valence-electron chi connectivity index (χ4n) is 9.16. The van der Waals surface area contributed by atoms with Crippen LogP contribution >= 0.6 is 15.6 Å². The van der Waals surface area contributed by atoms with Gasteiger partial charge in [0.15, 0.2) is 6.10 Å². The van der Waals surface area contributed by atoms with Gasteiger partial charge in [-0.2, -0.15) is 0 Å². The van der Waals surface area contributed by atoms with Gasteiger partial charge in [-0.3, -0.25) is 32.5 Å². The topological polar surface area (TPSA) is 231 Å². The zero-order valence-electron chi connectivity index (χ0n) is 62.0. The van der Waals surface area contributed by atoms with Crippen LogP contribution in [-0.2, 0) is 55.8 Å². The highest BCUT2D eigenvalue weighted by Gasteiger charge is 2.29. The lowest BCUT2D eigenvalue weighted by molar-refractivity contribution is -0.161. The first-order valence-electron chi connectivity index (χ1n) is 37.7. The predicted octanol–water partition coefficient (Wildman–Crippen LogP) is 22.0. The minimum Gasteiger partial charge on any atom is -0.463 e. The zero-order valence-corrected chi connectivity index (χ0v) is 63.8.